The second-order valence-electron chi connectivity index (χ2n) is 10.1. The Balaban J connectivity index is 1.35. The molecule has 6 nitrogen and oxygen atoms in total. The van der Waals surface area contributed by atoms with Gasteiger partial charge in [-0.2, -0.15) is 0 Å². The molecular weight excluding hydrogens is 419 g/mol. The zero-order chi connectivity index (χ0) is 23.8. The first-order valence-electron chi connectivity index (χ1n) is 12.6. The van der Waals surface area contributed by atoms with E-state index >= 15 is 0 Å². The summed E-state index contributed by atoms with van der Waals surface area (Å²) in [5.41, 5.74) is 0.675. The van der Waals surface area contributed by atoms with Crippen LogP contribution in [0.5, 0.6) is 0 Å². The molecule has 1 aromatic carbocycles. The van der Waals surface area contributed by atoms with E-state index in [1.165, 1.54) is 6.07 Å². The lowest BCUT2D eigenvalue weighted by Crippen LogP contribution is -2.52. The fourth-order valence-corrected chi connectivity index (χ4v) is 4.87. The minimum absolute atomic E-state index is 0.0310. The summed E-state index contributed by atoms with van der Waals surface area (Å²) in [6.07, 6.45) is 4.87. The maximum Gasteiger partial charge on any atom is 0.242 e. The Bertz CT molecular complexity index is 771. The highest BCUT2D eigenvalue weighted by molar-refractivity contribution is 5.88. The zero-order valence-electron chi connectivity index (χ0n) is 20.5. The number of carbonyl (C=O) groups excluding carboxylic acids is 2. The molecule has 0 spiro atoms. The van der Waals surface area contributed by atoms with Crippen LogP contribution in [-0.2, 0) is 9.59 Å². The molecule has 2 fully saturated rings. The van der Waals surface area contributed by atoms with Crippen LogP contribution in [0.1, 0.15) is 52.9 Å². The lowest BCUT2D eigenvalue weighted by atomic mass is 9.82. The second-order valence-corrected chi connectivity index (χ2v) is 10.1. The van der Waals surface area contributed by atoms with Crippen molar-refractivity contribution in [2.75, 3.05) is 44.2 Å². The van der Waals surface area contributed by atoms with Gasteiger partial charge in [0.2, 0.25) is 11.8 Å². The molecule has 0 bridgehead atoms. The normalized spacial score (nSPS) is 22.8. The lowest BCUT2D eigenvalue weighted by molar-refractivity contribution is -0.132. The molecule has 1 heterocycles. The first-order chi connectivity index (χ1) is 15.8. The molecule has 1 saturated heterocycles. The van der Waals surface area contributed by atoms with Gasteiger partial charge in [-0.3, -0.25) is 14.5 Å². The van der Waals surface area contributed by atoms with Crippen molar-refractivity contribution in [3.8, 4) is 0 Å². The van der Waals surface area contributed by atoms with E-state index in [4.69, 9.17) is 0 Å². The molecular formula is C26H41FN4O2. The molecule has 2 amide bonds. The van der Waals surface area contributed by atoms with Crippen molar-refractivity contribution in [3.63, 3.8) is 0 Å². The molecule has 2 aliphatic rings. The Morgan fingerprint density at radius 2 is 1.73 bits per heavy atom. The number of nitrogens with one attached hydrogen (secondary N) is 2. The van der Waals surface area contributed by atoms with E-state index in [0.29, 0.717) is 18.2 Å². The fourth-order valence-electron chi connectivity index (χ4n) is 4.87. The Hall–Kier alpha value is -2.15. The van der Waals surface area contributed by atoms with Gasteiger partial charge >= 0.3 is 0 Å². The van der Waals surface area contributed by atoms with Crippen LogP contribution >= 0.6 is 0 Å². The molecule has 1 aromatic rings. The first-order valence-corrected chi connectivity index (χ1v) is 12.6. The Morgan fingerprint density at radius 3 is 2.36 bits per heavy atom. The predicted molar refractivity (Wildman–Crippen MR) is 131 cm³/mol. The fraction of sp³-hybridized carbons (Fsp3) is 0.692. The molecule has 1 aliphatic heterocycles. The van der Waals surface area contributed by atoms with E-state index in [0.717, 1.165) is 64.8 Å². The van der Waals surface area contributed by atoms with Crippen LogP contribution in [0, 0.1) is 23.6 Å². The van der Waals surface area contributed by atoms with Crippen molar-refractivity contribution in [3.05, 3.63) is 30.1 Å². The van der Waals surface area contributed by atoms with Crippen LogP contribution in [0.25, 0.3) is 0 Å². The van der Waals surface area contributed by atoms with Crippen molar-refractivity contribution in [1.82, 2.24) is 15.5 Å². The number of piperazine rings is 1. The van der Waals surface area contributed by atoms with Gasteiger partial charge in [0.15, 0.2) is 0 Å². The number of hydrogen-bond donors (Lipinski definition) is 2. The molecule has 1 atom stereocenters. The summed E-state index contributed by atoms with van der Waals surface area (Å²) in [5.74, 6) is 0.552. The predicted octanol–water partition coefficient (Wildman–Crippen LogP) is 3.42. The number of carbonyl (C=O) groups is 2. The van der Waals surface area contributed by atoms with Crippen LogP contribution in [0.4, 0.5) is 10.1 Å². The van der Waals surface area contributed by atoms with Crippen molar-refractivity contribution < 1.29 is 14.0 Å². The van der Waals surface area contributed by atoms with Gasteiger partial charge in [0.1, 0.15) is 11.9 Å². The average Bonchev–Trinajstić information content (AvgIpc) is 2.81. The van der Waals surface area contributed by atoms with Gasteiger partial charge in [-0.15, -0.1) is 0 Å². The molecule has 184 valence electrons. The van der Waals surface area contributed by atoms with Crippen LogP contribution in [0.3, 0.4) is 0 Å². The molecule has 2 N–H and O–H groups in total. The summed E-state index contributed by atoms with van der Waals surface area (Å²) in [6, 6.07) is 6.44. The maximum absolute atomic E-state index is 14.0. The molecule has 0 aromatic heterocycles. The Labute approximate surface area is 198 Å². The molecule has 0 radical (unpaired) electrons. The summed E-state index contributed by atoms with van der Waals surface area (Å²) in [7, 11) is 0. The van der Waals surface area contributed by atoms with E-state index in [9.17, 15) is 14.0 Å². The first kappa shape index (κ1) is 25.5. The topological polar surface area (TPSA) is 64.7 Å². The number of anilines is 1. The summed E-state index contributed by atoms with van der Waals surface area (Å²) < 4.78 is 14.0. The van der Waals surface area contributed by atoms with Crippen LogP contribution < -0.4 is 15.5 Å². The van der Waals surface area contributed by atoms with Gasteiger partial charge < -0.3 is 15.5 Å². The van der Waals surface area contributed by atoms with E-state index in [-0.39, 0.29) is 29.5 Å². The number of nitrogens with zero attached hydrogens (tertiary/aromatic N) is 2. The molecule has 1 saturated carbocycles. The third-order valence-electron chi connectivity index (χ3n) is 7.15. The number of para-hydroxylation sites is 1. The summed E-state index contributed by atoms with van der Waals surface area (Å²) in [5, 5.41) is 6.04. The van der Waals surface area contributed by atoms with Crippen molar-refractivity contribution >= 4 is 17.5 Å². The lowest BCUT2D eigenvalue weighted by Gasteiger charge is -2.36. The minimum Gasteiger partial charge on any atom is -0.367 e. The molecule has 33 heavy (non-hydrogen) atoms. The monoisotopic (exact) mass is 460 g/mol. The number of hydrogen-bond acceptors (Lipinski definition) is 4. The molecule has 0 unspecified atom stereocenters. The van der Waals surface area contributed by atoms with Gasteiger partial charge in [-0.05, 0) is 62.6 Å². The summed E-state index contributed by atoms with van der Waals surface area (Å²) >= 11 is 0. The second kappa shape index (κ2) is 12.4. The van der Waals surface area contributed by atoms with Crippen molar-refractivity contribution in [1.29, 1.82) is 0 Å². The van der Waals surface area contributed by atoms with Gasteiger partial charge in [-0.1, -0.05) is 32.9 Å². The molecule has 1 aliphatic carbocycles. The van der Waals surface area contributed by atoms with E-state index in [2.05, 4.69) is 27.4 Å². The van der Waals surface area contributed by atoms with E-state index in [1.807, 2.05) is 26.0 Å². The average molecular weight is 461 g/mol. The summed E-state index contributed by atoms with van der Waals surface area (Å²) in [6.45, 7) is 11.0. The van der Waals surface area contributed by atoms with Crippen LogP contribution in [0.2, 0.25) is 0 Å². The van der Waals surface area contributed by atoms with Crippen molar-refractivity contribution in [2.24, 2.45) is 17.8 Å². The number of rotatable bonds is 9. The van der Waals surface area contributed by atoms with Gasteiger partial charge in [-0.25, -0.2) is 4.39 Å². The highest BCUT2D eigenvalue weighted by atomic mass is 19.1. The van der Waals surface area contributed by atoms with Gasteiger partial charge in [0.05, 0.1) is 5.69 Å². The molecule has 3 rings (SSSR count). The quantitative estimate of drug-likeness (QED) is 0.555. The number of halogens is 1. The smallest absolute Gasteiger partial charge is 0.242 e. The molecule has 7 heteroatoms. The van der Waals surface area contributed by atoms with E-state index < -0.39 is 6.04 Å². The zero-order valence-corrected chi connectivity index (χ0v) is 20.5. The highest BCUT2D eigenvalue weighted by Gasteiger charge is 2.29. The Kier molecular flexibility index (Phi) is 9.53. The van der Waals surface area contributed by atoms with Crippen LogP contribution in [-0.4, -0.2) is 62.0 Å². The van der Waals surface area contributed by atoms with Gasteiger partial charge in [0.25, 0.3) is 0 Å². The minimum atomic E-state index is -0.485. The maximum atomic E-state index is 14.0. The third kappa shape index (κ3) is 7.42. The standard InChI is InChI=1S/C26H41FN4O2/c1-19(2)24(29-25(32)21-11-9-20(3)10-12-21)26(33)28-13-6-14-30-15-17-31(18-16-30)23-8-5-4-7-22(23)27/h4-5,7-8,19-21,24H,6,9-18H2,1-3H3,(H,28,33)(H,29,32)/t20?,21?,24-/m0/s1. The van der Waals surface area contributed by atoms with Gasteiger partial charge in [0, 0.05) is 38.6 Å². The summed E-state index contributed by atoms with van der Waals surface area (Å²) in [4.78, 5) is 29.9. The number of amides is 2. The largest absolute Gasteiger partial charge is 0.367 e. The van der Waals surface area contributed by atoms with E-state index in [1.54, 1.807) is 6.07 Å². The van der Waals surface area contributed by atoms with Crippen LogP contribution in [0.15, 0.2) is 24.3 Å². The third-order valence-corrected chi connectivity index (χ3v) is 7.15. The number of benzene rings is 1. The SMILES string of the molecule is CC1CCC(C(=O)N[C@H](C(=O)NCCCN2CCN(c3ccccc3F)CC2)C(C)C)CC1. The highest BCUT2D eigenvalue weighted by Crippen LogP contribution is 2.28. The van der Waals surface area contributed by atoms with Crippen molar-refractivity contribution in [2.45, 2.75) is 58.9 Å². The Morgan fingerprint density at radius 1 is 1.06 bits per heavy atom.